The topological polar surface area (TPSA) is 68.8 Å². The molecule has 7 heteroatoms. The lowest BCUT2D eigenvalue weighted by Crippen LogP contribution is -2.36. The first-order valence-corrected chi connectivity index (χ1v) is 9.50. The van der Waals surface area contributed by atoms with Gasteiger partial charge in [0.05, 0.1) is 0 Å². The van der Waals surface area contributed by atoms with Gasteiger partial charge in [0.2, 0.25) is 0 Å². The molecule has 1 aromatic heterocycles. The molecule has 0 aliphatic carbocycles. The third-order valence-electron chi connectivity index (χ3n) is 3.76. The summed E-state index contributed by atoms with van der Waals surface area (Å²) in [7, 11) is 5.72. The third-order valence-corrected chi connectivity index (χ3v) is 4.49. The first kappa shape index (κ1) is 19.9. The molecule has 0 bridgehead atoms. The van der Waals surface area contributed by atoms with Gasteiger partial charge in [-0.05, 0) is 54.2 Å². The number of thiophene rings is 1. The van der Waals surface area contributed by atoms with Crippen molar-refractivity contribution in [2.75, 3.05) is 34.2 Å². The lowest BCUT2D eigenvalue weighted by molar-refractivity contribution is 0.0951. The second-order valence-corrected chi connectivity index (χ2v) is 6.95. The van der Waals surface area contributed by atoms with E-state index in [1.807, 2.05) is 43.3 Å². The number of benzene rings is 1. The maximum atomic E-state index is 12.2. The van der Waals surface area contributed by atoms with Gasteiger partial charge in [-0.3, -0.25) is 9.79 Å². The summed E-state index contributed by atoms with van der Waals surface area (Å²) >= 11 is 1.68. The van der Waals surface area contributed by atoms with E-state index in [-0.39, 0.29) is 5.91 Å². The molecule has 1 amide bonds. The minimum absolute atomic E-state index is 0.0475. The van der Waals surface area contributed by atoms with Crippen molar-refractivity contribution < 1.29 is 4.79 Å². The molecule has 0 aliphatic heterocycles. The highest BCUT2D eigenvalue weighted by atomic mass is 32.1. The molecule has 0 atom stereocenters. The molecule has 0 fully saturated rings. The summed E-state index contributed by atoms with van der Waals surface area (Å²) < 4.78 is 0. The van der Waals surface area contributed by atoms with Gasteiger partial charge >= 0.3 is 0 Å². The Balaban J connectivity index is 1.83. The SMILES string of the molecule is CN=C(NCc1ccsc1)NCc1cccc(C(=O)NCCN(C)C)c1. The van der Waals surface area contributed by atoms with Crippen LogP contribution in [0.15, 0.2) is 46.1 Å². The van der Waals surface area contributed by atoms with Crippen LogP contribution in [0.4, 0.5) is 0 Å². The highest BCUT2D eigenvalue weighted by molar-refractivity contribution is 7.07. The van der Waals surface area contributed by atoms with E-state index in [2.05, 4.69) is 37.8 Å². The summed E-state index contributed by atoms with van der Waals surface area (Å²) in [5, 5.41) is 13.7. The molecule has 1 aromatic carbocycles. The number of hydrogen-bond donors (Lipinski definition) is 3. The summed E-state index contributed by atoms with van der Waals surface area (Å²) in [5.74, 6) is 0.686. The van der Waals surface area contributed by atoms with Crippen molar-refractivity contribution in [1.82, 2.24) is 20.9 Å². The van der Waals surface area contributed by atoms with Crippen LogP contribution in [0, 0.1) is 0 Å². The molecule has 3 N–H and O–H groups in total. The van der Waals surface area contributed by atoms with Crippen LogP contribution >= 0.6 is 11.3 Å². The van der Waals surface area contributed by atoms with Crippen LogP contribution in [-0.2, 0) is 13.1 Å². The molecule has 0 radical (unpaired) electrons. The zero-order valence-electron chi connectivity index (χ0n) is 15.6. The van der Waals surface area contributed by atoms with Crippen molar-refractivity contribution in [3.05, 3.63) is 57.8 Å². The summed E-state index contributed by atoms with van der Waals surface area (Å²) in [5.41, 5.74) is 2.93. The summed E-state index contributed by atoms with van der Waals surface area (Å²) in [4.78, 5) is 18.5. The van der Waals surface area contributed by atoms with E-state index in [1.54, 1.807) is 18.4 Å². The summed E-state index contributed by atoms with van der Waals surface area (Å²) in [6.45, 7) is 2.78. The van der Waals surface area contributed by atoms with Gasteiger partial charge in [0.1, 0.15) is 0 Å². The summed E-state index contributed by atoms with van der Waals surface area (Å²) in [6.07, 6.45) is 0. The van der Waals surface area contributed by atoms with E-state index < -0.39 is 0 Å². The van der Waals surface area contributed by atoms with Crippen LogP contribution in [0.5, 0.6) is 0 Å². The van der Waals surface area contributed by atoms with Gasteiger partial charge in [0.25, 0.3) is 5.91 Å². The standard InChI is InChI=1S/C19H27N5OS/c1-20-19(23-13-16-7-10-26-14-16)22-12-15-5-4-6-17(11-15)18(25)21-8-9-24(2)3/h4-7,10-11,14H,8-9,12-13H2,1-3H3,(H,21,25)(H2,20,22,23). The minimum atomic E-state index is -0.0475. The van der Waals surface area contributed by atoms with E-state index in [0.717, 1.165) is 24.6 Å². The Hall–Kier alpha value is -2.38. The van der Waals surface area contributed by atoms with Crippen molar-refractivity contribution >= 4 is 23.2 Å². The van der Waals surface area contributed by atoms with Gasteiger partial charge < -0.3 is 20.9 Å². The van der Waals surface area contributed by atoms with E-state index in [0.29, 0.717) is 18.7 Å². The van der Waals surface area contributed by atoms with Gasteiger partial charge in [-0.2, -0.15) is 11.3 Å². The molecule has 0 aliphatic rings. The molecule has 0 spiro atoms. The van der Waals surface area contributed by atoms with Crippen molar-refractivity contribution in [3.63, 3.8) is 0 Å². The number of guanidine groups is 1. The molecule has 2 rings (SSSR count). The monoisotopic (exact) mass is 373 g/mol. The maximum absolute atomic E-state index is 12.2. The Kier molecular flexibility index (Phi) is 8.11. The second-order valence-electron chi connectivity index (χ2n) is 6.17. The predicted molar refractivity (Wildman–Crippen MR) is 109 cm³/mol. The molecule has 0 saturated heterocycles. The number of carbonyl (C=O) groups is 1. The number of carbonyl (C=O) groups excluding carboxylic acids is 1. The van der Waals surface area contributed by atoms with E-state index >= 15 is 0 Å². The predicted octanol–water partition coefficient (Wildman–Crippen LogP) is 1.90. The molecule has 0 saturated carbocycles. The molecular formula is C19H27N5OS. The third kappa shape index (κ3) is 6.85. The lowest BCUT2D eigenvalue weighted by Gasteiger charge is -2.13. The highest BCUT2D eigenvalue weighted by Crippen LogP contribution is 2.06. The molecule has 2 aromatic rings. The van der Waals surface area contributed by atoms with E-state index in [4.69, 9.17) is 0 Å². The largest absolute Gasteiger partial charge is 0.352 e. The number of rotatable bonds is 8. The van der Waals surface area contributed by atoms with Gasteiger partial charge in [-0.25, -0.2) is 0 Å². The molecule has 26 heavy (non-hydrogen) atoms. The Bertz CT molecular complexity index is 712. The van der Waals surface area contributed by atoms with Gasteiger partial charge in [-0.15, -0.1) is 0 Å². The highest BCUT2D eigenvalue weighted by Gasteiger charge is 2.06. The number of likely N-dealkylation sites (N-methyl/N-ethyl adjacent to an activating group) is 1. The Labute approximate surface area is 159 Å². The van der Waals surface area contributed by atoms with E-state index in [1.165, 1.54) is 5.56 Å². The second kappa shape index (κ2) is 10.6. The van der Waals surface area contributed by atoms with Gasteiger partial charge in [0, 0.05) is 38.8 Å². The van der Waals surface area contributed by atoms with Crippen molar-refractivity contribution in [3.8, 4) is 0 Å². The number of nitrogens with one attached hydrogen (secondary N) is 3. The molecule has 140 valence electrons. The Morgan fingerprint density at radius 3 is 2.54 bits per heavy atom. The van der Waals surface area contributed by atoms with Crippen molar-refractivity contribution in [2.45, 2.75) is 13.1 Å². The quantitative estimate of drug-likeness (QED) is 0.488. The van der Waals surface area contributed by atoms with E-state index in [9.17, 15) is 4.79 Å². The van der Waals surface area contributed by atoms with Crippen LogP contribution in [0.1, 0.15) is 21.5 Å². The van der Waals surface area contributed by atoms with Crippen LogP contribution in [0.2, 0.25) is 0 Å². The lowest BCUT2D eigenvalue weighted by atomic mass is 10.1. The fraction of sp³-hybridized carbons (Fsp3) is 0.368. The molecule has 1 heterocycles. The zero-order chi connectivity index (χ0) is 18.8. The van der Waals surface area contributed by atoms with Crippen LogP contribution in [-0.4, -0.2) is 51.0 Å². The Morgan fingerprint density at radius 1 is 1.12 bits per heavy atom. The Morgan fingerprint density at radius 2 is 1.88 bits per heavy atom. The number of nitrogens with zero attached hydrogens (tertiary/aromatic N) is 2. The average Bonchev–Trinajstić information content (AvgIpc) is 3.15. The van der Waals surface area contributed by atoms with Crippen LogP contribution in [0.3, 0.4) is 0 Å². The fourth-order valence-electron chi connectivity index (χ4n) is 2.30. The van der Waals surface area contributed by atoms with Gasteiger partial charge in [0.15, 0.2) is 5.96 Å². The van der Waals surface area contributed by atoms with Crippen LogP contribution in [0.25, 0.3) is 0 Å². The molecule has 0 unspecified atom stereocenters. The average molecular weight is 374 g/mol. The fourth-order valence-corrected chi connectivity index (χ4v) is 2.97. The first-order valence-electron chi connectivity index (χ1n) is 8.56. The molecule has 6 nitrogen and oxygen atoms in total. The summed E-state index contributed by atoms with van der Waals surface area (Å²) in [6, 6.07) is 9.72. The normalized spacial score (nSPS) is 11.5. The number of hydrogen-bond acceptors (Lipinski definition) is 4. The first-order chi connectivity index (χ1) is 12.6. The number of aliphatic imine (C=N–C) groups is 1. The van der Waals surface area contributed by atoms with Gasteiger partial charge in [-0.1, -0.05) is 12.1 Å². The maximum Gasteiger partial charge on any atom is 0.251 e. The van der Waals surface area contributed by atoms with Crippen molar-refractivity contribution in [1.29, 1.82) is 0 Å². The van der Waals surface area contributed by atoms with Crippen molar-refractivity contribution in [2.24, 2.45) is 4.99 Å². The molecular weight excluding hydrogens is 346 g/mol. The number of amides is 1. The smallest absolute Gasteiger partial charge is 0.251 e. The van der Waals surface area contributed by atoms with Crippen LogP contribution < -0.4 is 16.0 Å². The zero-order valence-corrected chi connectivity index (χ0v) is 16.4. The minimum Gasteiger partial charge on any atom is -0.352 e.